The quantitative estimate of drug-likeness (QED) is 0.835. The molecule has 0 saturated carbocycles. The van der Waals surface area contributed by atoms with Gasteiger partial charge in [0.05, 0.1) is 10.1 Å². The molecule has 1 N–H and O–H groups in total. The van der Waals surface area contributed by atoms with E-state index in [4.69, 9.17) is 0 Å². The van der Waals surface area contributed by atoms with Crippen LogP contribution in [0.5, 0.6) is 0 Å². The molecule has 0 aromatic heterocycles. The highest BCUT2D eigenvalue weighted by atomic mass is 32.2. The van der Waals surface area contributed by atoms with E-state index >= 15 is 0 Å². The second-order valence-corrected chi connectivity index (χ2v) is 9.01. The third-order valence-electron chi connectivity index (χ3n) is 4.68. The van der Waals surface area contributed by atoms with Gasteiger partial charge in [-0.05, 0) is 50.5 Å². The molecule has 0 unspecified atom stereocenters. The van der Waals surface area contributed by atoms with Crippen LogP contribution in [0.2, 0.25) is 0 Å². The Hall–Kier alpha value is -1.89. The molecule has 2 amide bonds. The average Bonchev–Trinajstić information content (AvgIpc) is 2.97. The van der Waals surface area contributed by atoms with Crippen molar-refractivity contribution in [1.29, 1.82) is 0 Å². The Bertz CT molecular complexity index is 773. The highest BCUT2D eigenvalue weighted by molar-refractivity contribution is 7.92. The van der Waals surface area contributed by atoms with Crippen molar-refractivity contribution in [2.45, 2.75) is 63.1 Å². The van der Waals surface area contributed by atoms with Gasteiger partial charge in [0.15, 0.2) is 9.84 Å². The van der Waals surface area contributed by atoms with Gasteiger partial charge < -0.3 is 10.2 Å². The lowest BCUT2D eigenvalue weighted by atomic mass is 10.2. The van der Waals surface area contributed by atoms with Crippen molar-refractivity contribution in [2.75, 3.05) is 11.4 Å². The molecule has 6 nitrogen and oxygen atoms in total. The summed E-state index contributed by atoms with van der Waals surface area (Å²) in [5.74, 6) is -0.307. The first kappa shape index (κ1) is 19.4. The molecule has 0 bridgehead atoms. The van der Waals surface area contributed by atoms with Crippen molar-refractivity contribution in [2.24, 2.45) is 0 Å². The van der Waals surface area contributed by atoms with Crippen LogP contribution in [-0.2, 0) is 25.8 Å². The summed E-state index contributed by atoms with van der Waals surface area (Å²) in [6.07, 6.45) is 1.37. The summed E-state index contributed by atoms with van der Waals surface area (Å²) in [5.41, 5.74) is 1.63. The lowest BCUT2D eigenvalue weighted by molar-refractivity contribution is -0.121. The van der Waals surface area contributed by atoms with Crippen LogP contribution < -0.4 is 10.2 Å². The number of amides is 2. The largest absolute Gasteiger partial charge is 0.354 e. The van der Waals surface area contributed by atoms with Crippen LogP contribution in [-0.4, -0.2) is 38.1 Å². The number of hydrogen-bond donors (Lipinski definition) is 1. The number of anilines is 1. The third-order valence-corrected chi connectivity index (χ3v) is 6.81. The zero-order valence-electron chi connectivity index (χ0n) is 15.2. The number of nitrogens with zero attached hydrogens (tertiary/aromatic N) is 1. The van der Waals surface area contributed by atoms with Gasteiger partial charge in [0.2, 0.25) is 11.8 Å². The molecule has 0 saturated heterocycles. The first-order valence-corrected chi connectivity index (χ1v) is 10.2. The maximum atomic E-state index is 12.8. The number of fused-ring (bicyclic) bond motifs is 1. The fourth-order valence-electron chi connectivity index (χ4n) is 2.92. The van der Waals surface area contributed by atoms with Crippen LogP contribution in [0.15, 0.2) is 23.1 Å². The number of carbonyl (C=O) groups is 2. The zero-order chi connectivity index (χ0) is 18.8. The summed E-state index contributed by atoms with van der Waals surface area (Å²) in [5, 5.41) is 1.99. The maximum absolute atomic E-state index is 12.8. The molecule has 2 atom stereocenters. The van der Waals surface area contributed by atoms with Crippen LogP contribution in [0.25, 0.3) is 0 Å². The molecular formula is C18H26N2O4S. The number of hydrogen-bond acceptors (Lipinski definition) is 4. The smallest absolute Gasteiger partial charge is 0.223 e. The second-order valence-electron chi connectivity index (χ2n) is 6.65. The predicted octanol–water partition coefficient (Wildman–Crippen LogP) is 2.06. The van der Waals surface area contributed by atoms with E-state index in [-0.39, 0.29) is 29.2 Å². The van der Waals surface area contributed by atoms with Gasteiger partial charge >= 0.3 is 0 Å². The summed E-state index contributed by atoms with van der Waals surface area (Å²) in [6.45, 7) is 7.47. The summed E-state index contributed by atoms with van der Waals surface area (Å²) < 4.78 is 25.6. The van der Waals surface area contributed by atoms with E-state index in [2.05, 4.69) is 5.32 Å². The number of nitrogens with one attached hydrogen (secondary N) is 1. The Balaban J connectivity index is 2.17. The molecule has 0 spiro atoms. The topological polar surface area (TPSA) is 83.6 Å². The number of carbonyl (C=O) groups excluding carboxylic acids is 2. The van der Waals surface area contributed by atoms with Gasteiger partial charge in [-0.1, -0.05) is 6.92 Å². The fourth-order valence-corrected chi connectivity index (χ4v) is 4.32. The van der Waals surface area contributed by atoms with Gasteiger partial charge in [-0.15, -0.1) is 0 Å². The minimum atomic E-state index is -3.60. The molecule has 138 valence electrons. The van der Waals surface area contributed by atoms with E-state index in [1.54, 1.807) is 24.0 Å². The lowest BCUT2D eigenvalue weighted by Crippen LogP contribution is -2.35. The van der Waals surface area contributed by atoms with Gasteiger partial charge in [-0.2, -0.15) is 0 Å². The molecule has 25 heavy (non-hydrogen) atoms. The van der Waals surface area contributed by atoms with E-state index in [0.29, 0.717) is 13.0 Å². The van der Waals surface area contributed by atoms with Crippen LogP contribution in [0.3, 0.4) is 0 Å². The summed E-state index contributed by atoms with van der Waals surface area (Å²) >= 11 is 0. The van der Waals surface area contributed by atoms with E-state index in [1.807, 2.05) is 13.8 Å². The maximum Gasteiger partial charge on any atom is 0.223 e. The van der Waals surface area contributed by atoms with E-state index < -0.39 is 15.1 Å². The van der Waals surface area contributed by atoms with Crippen molar-refractivity contribution in [3.63, 3.8) is 0 Å². The van der Waals surface area contributed by atoms with Gasteiger partial charge in [0.1, 0.15) is 0 Å². The minimum absolute atomic E-state index is 0.0277. The number of rotatable bonds is 6. The van der Waals surface area contributed by atoms with Crippen LogP contribution in [0, 0.1) is 0 Å². The first-order valence-electron chi connectivity index (χ1n) is 8.61. The Morgan fingerprint density at radius 3 is 2.56 bits per heavy atom. The van der Waals surface area contributed by atoms with E-state index in [1.165, 1.54) is 13.0 Å². The van der Waals surface area contributed by atoms with Crippen molar-refractivity contribution in [3.8, 4) is 0 Å². The zero-order valence-corrected chi connectivity index (χ0v) is 16.0. The van der Waals surface area contributed by atoms with Crippen LogP contribution in [0.1, 0.15) is 46.1 Å². The second kappa shape index (κ2) is 7.56. The molecule has 0 fully saturated rings. The lowest BCUT2D eigenvalue weighted by Gasteiger charge is -2.17. The standard InChI is InChI=1S/C18H26N2O4S/c1-5-12(2)19-18(22)10-13(3)25(23,24)16-6-7-17-15(11-16)8-9-20(17)14(4)21/h6-7,11-13H,5,8-10H2,1-4H3,(H,19,22)/t12-,13-/m1/s1. The Morgan fingerprint density at radius 2 is 1.96 bits per heavy atom. The van der Waals surface area contributed by atoms with Gasteiger partial charge in [0.25, 0.3) is 0 Å². The van der Waals surface area contributed by atoms with Gasteiger partial charge in [-0.3, -0.25) is 9.59 Å². The molecule has 1 aromatic carbocycles. The van der Waals surface area contributed by atoms with E-state index in [9.17, 15) is 18.0 Å². The normalized spacial score (nSPS) is 16.2. The third kappa shape index (κ3) is 4.21. The number of benzene rings is 1. The Morgan fingerprint density at radius 1 is 1.28 bits per heavy atom. The molecule has 0 aliphatic carbocycles. The van der Waals surface area contributed by atoms with E-state index in [0.717, 1.165) is 17.7 Å². The molecule has 1 aliphatic rings. The first-order chi connectivity index (χ1) is 11.7. The van der Waals surface area contributed by atoms with Crippen molar-refractivity contribution in [1.82, 2.24) is 5.32 Å². The summed E-state index contributed by atoms with van der Waals surface area (Å²) in [4.78, 5) is 25.4. The van der Waals surface area contributed by atoms with Crippen LogP contribution in [0.4, 0.5) is 5.69 Å². The molecule has 1 aliphatic heterocycles. The predicted molar refractivity (Wildman–Crippen MR) is 97.3 cm³/mol. The fraction of sp³-hybridized carbons (Fsp3) is 0.556. The van der Waals surface area contributed by atoms with Crippen LogP contribution >= 0.6 is 0 Å². The monoisotopic (exact) mass is 366 g/mol. The highest BCUT2D eigenvalue weighted by Crippen LogP contribution is 2.31. The molecule has 7 heteroatoms. The van der Waals surface area contributed by atoms with Gasteiger partial charge in [0, 0.05) is 31.6 Å². The SMILES string of the molecule is CC[C@@H](C)NC(=O)C[C@@H](C)S(=O)(=O)c1ccc2c(c1)CCN2C(C)=O. The molecular weight excluding hydrogens is 340 g/mol. The van der Waals surface area contributed by atoms with Crippen molar-refractivity contribution >= 4 is 27.3 Å². The number of sulfone groups is 1. The Kier molecular flexibility index (Phi) is 5.87. The molecule has 1 aromatic rings. The Labute approximate surface area is 149 Å². The summed E-state index contributed by atoms with van der Waals surface area (Å²) in [6, 6.07) is 4.87. The average molecular weight is 366 g/mol. The highest BCUT2D eigenvalue weighted by Gasteiger charge is 2.29. The molecule has 1 heterocycles. The van der Waals surface area contributed by atoms with Crippen molar-refractivity contribution in [3.05, 3.63) is 23.8 Å². The summed E-state index contributed by atoms with van der Waals surface area (Å²) in [7, 11) is -3.60. The molecule has 0 radical (unpaired) electrons. The van der Waals surface area contributed by atoms with Crippen molar-refractivity contribution < 1.29 is 18.0 Å². The van der Waals surface area contributed by atoms with Gasteiger partial charge in [-0.25, -0.2) is 8.42 Å². The molecule has 2 rings (SSSR count). The minimum Gasteiger partial charge on any atom is -0.354 e.